The topological polar surface area (TPSA) is 58.8 Å². The van der Waals surface area contributed by atoms with Gasteiger partial charge in [-0.15, -0.1) is 0 Å². The fraction of sp³-hybridized carbons (Fsp3) is 0.476. The minimum atomic E-state index is 0.417. The molecule has 3 rings (SSSR count). The van der Waals surface area contributed by atoms with Crippen LogP contribution in [0.5, 0.6) is 0 Å². The van der Waals surface area contributed by atoms with Gasteiger partial charge < -0.3 is 20.3 Å². The molecule has 0 spiro atoms. The Hall–Kier alpha value is -2.27. The van der Waals surface area contributed by atoms with Crippen LogP contribution in [0.2, 0.25) is 0 Å². The number of piperazine rings is 1. The summed E-state index contributed by atoms with van der Waals surface area (Å²) in [6, 6.07) is 8.13. The molecule has 0 aromatic heterocycles. The van der Waals surface area contributed by atoms with E-state index in [4.69, 9.17) is 5.73 Å². The molecule has 2 aliphatic rings. The van der Waals surface area contributed by atoms with Gasteiger partial charge >= 0.3 is 0 Å². The molecule has 144 valence electrons. The number of allylic oxidation sites excluding steroid dienone is 2. The molecule has 1 aliphatic carbocycles. The summed E-state index contributed by atoms with van der Waals surface area (Å²) in [6.45, 7) is 9.40. The maximum absolute atomic E-state index is 9.77. The van der Waals surface area contributed by atoms with E-state index < -0.39 is 0 Å². The summed E-state index contributed by atoms with van der Waals surface area (Å²) in [6.07, 6.45) is 8.33. The number of hydrogen-bond donors (Lipinski definition) is 1. The Kier molecular flexibility index (Phi) is 10.9. The highest BCUT2D eigenvalue weighted by molar-refractivity contribution is 5.53. The average Bonchev–Trinajstić information content (AvgIpc) is 2.70. The van der Waals surface area contributed by atoms with Crippen LogP contribution in [0.25, 0.3) is 0 Å². The van der Waals surface area contributed by atoms with Crippen molar-refractivity contribution in [2.45, 2.75) is 26.7 Å². The smallest absolute Gasteiger partial charge is 0.293 e. The van der Waals surface area contributed by atoms with E-state index in [1.807, 2.05) is 32.1 Å². The van der Waals surface area contributed by atoms with E-state index in [0.717, 1.165) is 50.3 Å². The molecule has 1 aromatic carbocycles. The number of benzene rings is 1. The van der Waals surface area contributed by atoms with E-state index in [9.17, 15) is 4.79 Å². The van der Waals surface area contributed by atoms with Crippen LogP contribution in [0, 0.1) is 0 Å². The Morgan fingerprint density at radius 1 is 1.08 bits per heavy atom. The van der Waals surface area contributed by atoms with Gasteiger partial charge in [0.15, 0.2) is 0 Å². The Morgan fingerprint density at radius 2 is 1.73 bits per heavy atom. The standard InChI is InChI=1S/C11H17N3.C8H10O2.C2H6/c1-13-6-8-14(9-7-13)11-4-2-10(12)3-5-11;9-7-10-6-8-4-2-1-3-5-8;1-2/h2-5H,6-9,12H2,1H3;2,4-5,7H,1,3,6H2;1-2H3. The fourth-order valence-electron chi connectivity index (χ4n) is 2.65. The lowest BCUT2D eigenvalue weighted by molar-refractivity contribution is -0.127. The molecule has 1 fully saturated rings. The van der Waals surface area contributed by atoms with Crippen LogP contribution in [0.1, 0.15) is 26.7 Å². The molecular formula is C21H33N3O2. The Bertz CT molecular complexity index is 559. The maximum Gasteiger partial charge on any atom is 0.293 e. The fourth-order valence-corrected chi connectivity index (χ4v) is 2.65. The maximum atomic E-state index is 9.77. The van der Waals surface area contributed by atoms with Gasteiger partial charge in [-0.2, -0.15) is 0 Å². The van der Waals surface area contributed by atoms with Crippen molar-refractivity contribution in [3.63, 3.8) is 0 Å². The molecule has 0 radical (unpaired) electrons. The van der Waals surface area contributed by atoms with E-state index in [1.165, 1.54) is 5.69 Å². The molecule has 5 heteroatoms. The van der Waals surface area contributed by atoms with Gasteiger partial charge in [-0.25, -0.2) is 0 Å². The lowest BCUT2D eigenvalue weighted by Gasteiger charge is -2.34. The predicted molar refractivity (Wildman–Crippen MR) is 110 cm³/mol. The lowest BCUT2D eigenvalue weighted by atomic mass is 10.1. The van der Waals surface area contributed by atoms with Gasteiger partial charge in [0.2, 0.25) is 0 Å². The quantitative estimate of drug-likeness (QED) is 0.659. The monoisotopic (exact) mass is 359 g/mol. The van der Waals surface area contributed by atoms with Gasteiger partial charge in [-0.1, -0.05) is 32.1 Å². The number of nitrogens with zero attached hydrogens (tertiary/aromatic N) is 2. The largest absolute Gasteiger partial charge is 0.463 e. The summed E-state index contributed by atoms with van der Waals surface area (Å²) in [4.78, 5) is 14.5. The highest BCUT2D eigenvalue weighted by atomic mass is 16.5. The van der Waals surface area contributed by atoms with E-state index in [0.29, 0.717) is 13.1 Å². The number of carbonyl (C=O) groups excluding carboxylic acids is 1. The van der Waals surface area contributed by atoms with Crippen LogP contribution in [0.4, 0.5) is 11.4 Å². The second-order valence-corrected chi connectivity index (χ2v) is 6.05. The van der Waals surface area contributed by atoms with Crippen molar-refractivity contribution in [3.05, 3.63) is 48.1 Å². The van der Waals surface area contributed by atoms with E-state index in [1.54, 1.807) is 0 Å². The van der Waals surface area contributed by atoms with Crippen LogP contribution in [-0.4, -0.2) is 51.2 Å². The normalized spacial score (nSPS) is 16.4. The van der Waals surface area contributed by atoms with E-state index in [2.05, 4.69) is 45.9 Å². The zero-order chi connectivity index (χ0) is 19.2. The third-order valence-electron chi connectivity index (χ3n) is 4.15. The molecule has 0 unspecified atom stereocenters. The van der Waals surface area contributed by atoms with Crippen molar-refractivity contribution < 1.29 is 9.53 Å². The molecule has 1 aromatic rings. The zero-order valence-electron chi connectivity index (χ0n) is 16.4. The highest BCUT2D eigenvalue weighted by Crippen LogP contribution is 2.17. The summed E-state index contributed by atoms with van der Waals surface area (Å²) in [5.74, 6) is 0. The first-order valence-corrected chi connectivity index (χ1v) is 9.39. The Labute approximate surface area is 158 Å². The lowest BCUT2D eigenvalue weighted by Crippen LogP contribution is -2.44. The third-order valence-corrected chi connectivity index (χ3v) is 4.15. The first-order chi connectivity index (χ1) is 12.7. The third kappa shape index (κ3) is 8.21. The highest BCUT2D eigenvalue weighted by Gasteiger charge is 2.13. The molecule has 0 amide bonds. The first kappa shape index (κ1) is 21.8. The van der Waals surface area contributed by atoms with Gasteiger partial charge in [-0.3, -0.25) is 4.79 Å². The number of ether oxygens (including phenoxy) is 1. The van der Waals surface area contributed by atoms with Crippen LogP contribution < -0.4 is 10.6 Å². The minimum Gasteiger partial charge on any atom is -0.463 e. The molecule has 1 aliphatic heterocycles. The molecule has 1 saturated heterocycles. The number of carbonyl (C=O) groups is 1. The number of nitrogen functional groups attached to an aromatic ring is 1. The van der Waals surface area contributed by atoms with Gasteiger partial charge in [-0.05, 0) is 49.7 Å². The first-order valence-electron chi connectivity index (χ1n) is 9.39. The van der Waals surface area contributed by atoms with Gasteiger partial charge in [0.05, 0.1) is 0 Å². The summed E-state index contributed by atoms with van der Waals surface area (Å²) in [5.41, 5.74) is 8.87. The minimum absolute atomic E-state index is 0.417. The zero-order valence-corrected chi connectivity index (χ0v) is 16.4. The van der Waals surface area contributed by atoms with Crippen molar-refractivity contribution in [3.8, 4) is 0 Å². The van der Waals surface area contributed by atoms with Crippen LogP contribution in [0.3, 0.4) is 0 Å². The SMILES string of the molecule is CC.CN1CCN(c2ccc(N)cc2)CC1.O=COCC1=CCCC=C1. The van der Waals surface area contributed by atoms with Crippen molar-refractivity contribution >= 4 is 17.8 Å². The van der Waals surface area contributed by atoms with Gasteiger partial charge in [0, 0.05) is 37.6 Å². The second kappa shape index (κ2) is 13.0. The molecule has 5 nitrogen and oxygen atoms in total. The second-order valence-electron chi connectivity index (χ2n) is 6.05. The number of nitrogens with two attached hydrogens (primary N) is 1. The Balaban J connectivity index is 0.000000249. The van der Waals surface area contributed by atoms with Gasteiger partial charge in [0.1, 0.15) is 6.61 Å². The van der Waals surface area contributed by atoms with E-state index >= 15 is 0 Å². The molecule has 0 saturated carbocycles. The summed E-state index contributed by atoms with van der Waals surface area (Å²) < 4.78 is 4.57. The summed E-state index contributed by atoms with van der Waals surface area (Å²) >= 11 is 0. The molecule has 26 heavy (non-hydrogen) atoms. The predicted octanol–water partition coefficient (Wildman–Crippen LogP) is 3.48. The number of likely N-dealkylation sites (N-methyl/N-ethyl adjacent to an activating group) is 1. The van der Waals surface area contributed by atoms with Crippen LogP contribution >= 0.6 is 0 Å². The van der Waals surface area contributed by atoms with Crippen molar-refractivity contribution in [2.75, 3.05) is 50.5 Å². The number of rotatable bonds is 4. The molecule has 1 heterocycles. The van der Waals surface area contributed by atoms with Gasteiger partial charge in [0.25, 0.3) is 6.47 Å². The molecule has 0 atom stereocenters. The van der Waals surface area contributed by atoms with Crippen LogP contribution in [0.15, 0.2) is 48.1 Å². The number of hydrogen-bond acceptors (Lipinski definition) is 5. The molecule has 0 bridgehead atoms. The average molecular weight is 360 g/mol. The summed E-state index contributed by atoms with van der Waals surface area (Å²) in [7, 11) is 2.17. The van der Waals surface area contributed by atoms with Crippen molar-refractivity contribution in [1.82, 2.24) is 4.90 Å². The Morgan fingerprint density at radius 3 is 2.27 bits per heavy atom. The molecular weight excluding hydrogens is 326 g/mol. The van der Waals surface area contributed by atoms with Crippen molar-refractivity contribution in [2.24, 2.45) is 0 Å². The van der Waals surface area contributed by atoms with Crippen LogP contribution in [-0.2, 0) is 9.53 Å². The van der Waals surface area contributed by atoms with E-state index in [-0.39, 0.29) is 0 Å². The number of anilines is 2. The summed E-state index contributed by atoms with van der Waals surface area (Å²) in [5, 5.41) is 0. The van der Waals surface area contributed by atoms with Crippen molar-refractivity contribution in [1.29, 1.82) is 0 Å². The molecule has 2 N–H and O–H groups in total.